The molecule has 2 saturated heterocycles. The van der Waals surface area contributed by atoms with Gasteiger partial charge in [0.1, 0.15) is 5.82 Å². The van der Waals surface area contributed by atoms with Crippen molar-refractivity contribution in [1.29, 1.82) is 0 Å². The Kier molecular flexibility index (Phi) is 4.03. The van der Waals surface area contributed by atoms with Gasteiger partial charge in [0.05, 0.1) is 0 Å². The molecule has 1 amide bonds. The van der Waals surface area contributed by atoms with E-state index in [1.165, 1.54) is 0 Å². The first-order chi connectivity index (χ1) is 13.7. The molecule has 2 fully saturated rings. The van der Waals surface area contributed by atoms with Crippen molar-refractivity contribution >= 4 is 17.4 Å². The SMILES string of the molecule is Cc1nnc2ccc(N3CC4CN(C(=O)COc5cccnn5)CC4C3)nn12. The lowest BCUT2D eigenvalue weighted by atomic mass is 10.0. The number of hydrogen-bond donors (Lipinski definition) is 0. The van der Waals surface area contributed by atoms with Crippen LogP contribution in [0.15, 0.2) is 30.5 Å². The van der Waals surface area contributed by atoms with Gasteiger partial charge in [-0.15, -0.1) is 20.4 Å². The third-order valence-corrected chi connectivity index (χ3v) is 5.46. The molecule has 2 atom stereocenters. The molecule has 2 aliphatic heterocycles. The lowest BCUT2D eigenvalue weighted by molar-refractivity contribution is -0.132. The Morgan fingerprint density at radius 2 is 1.93 bits per heavy atom. The quantitative estimate of drug-likeness (QED) is 0.632. The molecule has 0 bridgehead atoms. The van der Waals surface area contributed by atoms with E-state index in [-0.39, 0.29) is 12.5 Å². The number of ether oxygens (including phenoxy) is 1. The maximum Gasteiger partial charge on any atom is 0.260 e. The van der Waals surface area contributed by atoms with Gasteiger partial charge in [-0.05, 0) is 25.1 Å². The maximum atomic E-state index is 12.5. The smallest absolute Gasteiger partial charge is 0.260 e. The summed E-state index contributed by atoms with van der Waals surface area (Å²) in [6.45, 7) is 5.16. The summed E-state index contributed by atoms with van der Waals surface area (Å²) >= 11 is 0. The van der Waals surface area contributed by atoms with Crippen LogP contribution in [0.1, 0.15) is 5.82 Å². The largest absolute Gasteiger partial charge is 0.466 e. The standard InChI is InChI=1S/C18H20N8O2/c1-12-20-21-15-4-5-16(23-26(12)15)24-7-13-9-25(10-14(13)8-24)18(27)11-28-17-3-2-6-19-22-17/h2-6,13-14H,7-11H2,1H3. The first-order valence-corrected chi connectivity index (χ1v) is 9.29. The van der Waals surface area contributed by atoms with Crippen LogP contribution in [0.3, 0.4) is 0 Å². The average molecular weight is 380 g/mol. The van der Waals surface area contributed by atoms with Crippen LogP contribution in [0.2, 0.25) is 0 Å². The Morgan fingerprint density at radius 1 is 1.11 bits per heavy atom. The zero-order chi connectivity index (χ0) is 19.1. The van der Waals surface area contributed by atoms with Crippen LogP contribution in [0.25, 0.3) is 5.65 Å². The first kappa shape index (κ1) is 16.8. The van der Waals surface area contributed by atoms with E-state index < -0.39 is 0 Å². The summed E-state index contributed by atoms with van der Waals surface area (Å²) in [7, 11) is 0. The van der Waals surface area contributed by atoms with Crippen molar-refractivity contribution in [1.82, 2.24) is 34.9 Å². The molecule has 0 spiro atoms. The molecule has 10 nitrogen and oxygen atoms in total. The number of aryl methyl sites for hydroxylation is 1. The summed E-state index contributed by atoms with van der Waals surface area (Å²) in [5.74, 6) is 2.95. The lowest BCUT2D eigenvalue weighted by Gasteiger charge is -2.22. The highest BCUT2D eigenvalue weighted by atomic mass is 16.5. The minimum Gasteiger partial charge on any atom is -0.466 e. The molecule has 3 aromatic heterocycles. The Bertz CT molecular complexity index is 993. The number of rotatable bonds is 4. The Labute approximate surface area is 161 Å². The minimum absolute atomic E-state index is 0.00697. The molecule has 0 N–H and O–H groups in total. The Balaban J connectivity index is 1.20. The molecule has 0 saturated carbocycles. The number of nitrogens with zero attached hydrogens (tertiary/aromatic N) is 8. The molecule has 0 aliphatic carbocycles. The predicted molar refractivity (Wildman–Crippen MR) is 98.8 cm³/mol. The summed E-state index contributed by atoms with van der Waals surface area (Å²) in [6, 6.07) is 7.35. The van der Waals surface area contributed by atoms with Crippen molar-refractivity contribution in [2.24, 2.45) is 11.8 Å². The highest BCUT2D eigenvalue weighted by Crippen LogP contribution is 2.33. The van der Waals surface area contributed by atoms with Crippen molar-refractivity contribution < 1.29 is 9.53 Å². The lowest BCUT2D eigenvalue weighted by Crippen LogP contribution is -2.36. The fraction of sp³-hybridized carbons (Fsp3) is 0.444. The fourth-order valence-corrected chi connectivity index (χ4v) is 4.03. The van der Waals surface area contributed by atoms with E-state index in [0.717, 1.165) is 43.5 Å². The van der Waals surface area contributed by atoms with Crippen molar-refractivity contribution in [3.05, 3.63) is 36.3 Å². The van der Waals surface area contributed by atoms with Crippen LogP contribution < -0.4 is 9.64 Å². The molecular formula is C18H20N8O2. The molecule has 5 rings (SSSR count). The van der Waals surface area contributed by atoms with E-state index in [1.54, 1.807) is 22.8 Å². The van der Waals surface area contributed by atoms with Gasteiger partial charge in [0.15, 0.2) is 18.1 Å². The molecular weight excluding hydrogens is 360 g/mol. The highest BCUT2D eigenvalue weighted by molar-refractivity contribution is 5.78. The summed E-state index contributed by atoms with van der Waals surface area (Å²) in [6.07, 6.45) is 1.57. The second kappa shape index (κ2) is 6.70. The molecule has 2 unspecified atom stereocenters. The molecule has 0 radical (unpaired) electrons. The summed E-state index contributed by atoms with van der Waals surface area (Å²) < 4.78 is 7.20. The van der Waals surface area contributed by atoms with Crippen LogP contribution in [0.4, 0.5) is 5.82 Å². The predicted octanol–water partition coefficient (Wildman–Crippen LogP) is 0.196. The van der Waals surface area contributed by atoms with Gasteiger partial charge in [-0.2, -0.15) is 9.61 Å². The van der Waals surface area contributed by atoms with Gasteiger partial charge in [-0.3, -0.25) is 4.79 Å². The topological polar surface area (TPSA) is 102 Å². The van der Waals surface area contributed by atoms with Gasteiger partial charge >= 0.3 is 0 Å². The maximum absolute atomic E-state index is 12.5. The summed E-state index contributed by atoms with van der Waals surface area (Å²) in [5.41, 5.74) is 0.750. The number of anilines is 1. The number of carbonyl (C=O) groups excluding carboxylic acids is 1. The molecule has 0 aromatic carbocycles. The van der Waals surface area contributed by atoms with E-state index >= 15 is 0 Å². The third kappa shape index (κ3) is 3.00. The van der Waals surface area contributed by atoms with E-state index in [9.17, 15) is 4.79 Å². The van der Waals surface area contributed by atoms with Crippen molar-refractivity contribution in [3.8, 4) is 5.88 Å². The number of aromatic nitrogens is 6. The molecule has 2 aliphatic rings. The first-order valence-electron chi connectivity index (χ1n) is 9.29. The van der Waals surface area contributed by atoms with Gasteiger partial charge in [0, 0.05) is 50.3 Å². The zero-order valence-corrected chi connectivity index (χ0v) is 15.5. The molecule has 144 valence electrons. The van der Waals surface area contributed by atoms with Crippen molar-refractivity contribution in [2.45, 2.75) is 6.92 Å². The van der Waals surface area contributed by atoms with E-state index in [0.29, 0.717) is 17.7 Å². The number of amides is 1. The van der Waals surface area contributed by atoms with E-state index in [4.69, 9.17) is 4.74 Å². The average Bonchev–Trinajstić information content (AvgIpc) is 3.40. The summed E-state index contributed by atoms with van der Waals surface area (Å²) in [5, 5.41) is 20.4. The van der Waals surface area contributed by atoms with Gasteiger partial charge < -0.3 is 14.5 Å². The zero-order valence-electron chi connectivity index (χ0n) is 15.5. The van der Waals surface area contributed by atoms with Gasteiger partial charge in [0.25, 0.3) is 5.91 Å². The number of fused-ring (bicyclic) bond motifs is 2. The van der Waals surface area contributed by atoms with Crippen LogP contribution in [0, 0.1) is 18.8 Å². The van der Waals surface area contributed by atoms with Crippen molar-refractivity contribution in [2.75, 3.05) is 37.7 Å². The van der Waals surface area contributed by atoms with Gasteiger partial charge in [0.2, 0.25) is 5.88 Å². The number of likely N-dealkylation sites (tertiary alicyclic amines) is 1. The summed E-state index contributed by atoms with van der Waals surface area (Å²) in [4.78, 5) is 16.6. The Morgan fingerprint density at radius 3 is 2.68 bits per heavy atom. The van der Waals surface area contributed by atoms with Crippen LogP contribution in [-0.2, 0) is 4.79 Å². The normalized spacial score (nSPS) is 21.3. The molecule has 5 heterocycles. The monoisotopic (exact) mass is 380 g/mol. The van der Waals surface area contributed by atoms with Crippen LogP contribution >= 0.6 is 0 Å². The van der Waals surface area contributed by atoms with Gasteiger partial charge in [-0.25, -0.2) is 0 Å². The van der Waals surface area contributed by atoms with Crippen molar-refractivity contribution in [3.63, 3.8) is 0 Å². The second-order valence-electron chi connectivity index (χ2n) is 7.28. The number of carbonyl (C=O) groups is 1. The third-order valence-electron chi connectivity index (χ3n) is 5.46. The van der Waals surface area contributed by atoms with Crippen LogP contribution in [-0.4, -0.2) is 73.6 Å². The van der Waals surface area contributed by atoms with E-state index in [1.807, 2.05) is 24.0 Å². The number of hydrogen-bond acceptors (Lipinski definition) is 8. The van der Waals surface area contributed by atoms with Gasteiger partial charge in [-0.1, -0.05) is 0 Å². The molecule has 3 aromatic rings. The molecule has 28 heavy (non-hydrogen) atoms. The highest BCUT2D eigenvalue weighted by Gasteiger charge is 2.42. The fourth-order valence-electron chi connectivity index (χ4n) is 4.03. The van der Waals surface area contributed by atoms with Crippen LogP contribution in [0.5, 0.6) is 5.88 Å². The minimum atomic E-state index is -0.00809. The molecule has 10 heteroatoms. The second-order valence-corrected chi connectivity index (χ2v) is 7.28. The van der Waals surface area contributed by atoms with E-state index in [2.05, 4.69) is 30.4 Å². The Hall–Kier alpha value is -3.30.